The van der Waals surface area contributed by atoms with Crippen molar-refractivity contribution in [3.8, 4) is 0 Å². The molecule has 1 heterocycles. The molecule has 0 saturated heterocycles. The van der Waals surface area contributed by atoms with Crippen molar-refractivity contribution in [2.45, 2.75) is 25.1 Å². The van der Waals surface area contributed by atoms with Crippen LogP contribution >= 0.6 is 0 Å². The maximum absolute atomic E-state index is 11.7. The predicted molar refractivity (Wildman–Crippen MR) is 39.1 cm³/mol. The summed E-state index contributed by atoms with van der Waals surface area (Å²) in [5.74, 6) is 0.358. The Morgan fingerprint density at radius 1 is 1.46 bits per heavy atom. The van der Waals surface area contributed by atoms with Crippen molar-refractivity contribution in [3.05, 3.63) is 24.2 Å². The summed E-state index contributed by atoms with van der Waals surface area (Å²) in [5, 5.41) is 8.98. The van der Waals surface area contributed by atoms with Crippen molar-refractivity contribution in [1.82, 2.24) is 0 Å². The zero-order chi connectivity index (χ0) is 9.90. The van der Waals surface area contributed by atoms with E-state index in [2.05, 4.69) is 0 Å². The molecule has 1 unspecified atom stereocenters. The first-order valence-electron chi connectivity index (χ1n) is 3.74. The van der Waals surface area contributed by atoms with Gasteiger partial charge in [-0.15, -0.1) is 0 Å². The number of hydrogen-bond donors (Lipinski definition) is 1. The molecule has 0 aliphatic carbocycles. The largest absolute Gasteiger partial charge is 0.469 e. The summed E-state index contributed by atoms with van der Waals surface area (Å²) in [7, 11) is 0. The molecule has 0 saturated carbocycles. The topological polar surface area (TPSA) is 33.4 Å². The van der Waals surface area contributed by atoms with E-state index in [-0.39, 0.29) is 6.42 Å². The van der Waals surface area contributed by atoms with E-state index < -0.39 is 18.7 Å². The maximum atomic E-state index is 11.7. The molecule has 0 radical (unpaired) electrons. The summed E-state index contributed by atoms with van der Waals surface area (Å²) in [5.41, 5.74) is 0. The SMILES string of the molecule is OC(Cc1ccco1)CC(F)(F)F. The fraction of sp³-hybridized carbons (Fsp3) is 0.500. The van der Waals surface area contributed by atoms with Gasteiger partial charge in [-0.25, -0.2) is 0 Å². The molecule has 0 amide bonds. The molecule has 1 N–H and O–H groups in total. The average molecular weight is 194 g/mol. The molecule has 5 heteroatoms. The molecule has 0 aromatic carbocycles. The van der Waals surface area contributed by atoms with Gasteiger partial charge < -0.3 is 9.52 Å². The van der Waals surface area contributed by atoms with Crippen LogP contribution in [0, 0.1) is 0 Å². The third-order valence-electron chi connectivity index (χ3n) is 1.48. The van der Waals surface area contributed by atoms with E-state index in [9.17, 15) is 13.2 Å². The predicted octanol–water partition coefficient (Wildman–Crippen LogP) is 2.14. The number of alkyl halides is 3. The molecule has 74 valence electrons. The van der Waals surface area contributed by atoms with E-state index in [4.69, 9.17) is 9.52 Å². The van der Waals surface area contributed by atoms with Crippen LogP contribution in [0.2, 0.25) is 0 Å². The number of hydrogen-bond acceptors (Lipinski definition) is 2. The lowest BCUT2D eigenvalue weighted by Gasteiger charge is -2.11. The Morgan fingerprint density at radius 3 is 2.62 bits per heavy atom. The molecule has 0 aliphatic heterocycles. The second-order valence-electron chi connectivity index (χ2n) is 2.76. The van der Waals surface area contributed by atoms with Gasteiger partial charge in [-0.1, -0.05) is 0 Å². The molecule has 0 aliphatic rings. The quantitative estimate of drug-likeness (QED) is 0.799. The molecular weight excluding hydrogens is 185 g/mol. The first-order chi connectivity index (χ1) is 5.97. The number of aliphatic hydroxyl groups excluding tert-OH is 1. The van der Waals surface area contributed by atoms with E-state index in [1.54, 1.807) is 6.07 Å². The minimum atomic E-state index is -4.33. The highest BCUT2D eigenvalue weighted by atomic mass is 19.4. The summed E-state index contributed by atoms with van der Waals surface area (Å²) in [6.45, 7) is 0. The van der Waals surface area contributed by atoms with Crippen molar-refractivity contribution in [1.29, 1.82) is 0 Å². The fourth-order valence-corrected chi connectivity index (χ4v) is 1.00. The molecule has 1 atom stereocenters. The van der Waals surface area contributed by atoms with Gasteiger partial charge in [0.1, 0.15) is 5.76 Å². The van der Waals surface area contributed by atoms with E-state index in [1.807, 2.05) is 0 Å². The second-order valence-corrected chi connectivity index (χ2v) is 2.76. The monoisotopic (exact) mass is 194 g/mol. The second kappa shape index (κ2) is 3.83. The zero-order valence-electron chi connectivity index (χ0n) is 6.71. The number of aliphatic hydroxyl groups is 1. The van der Waals surface area contributed by atoms with Gasteiger partial charge in [-0.2, -0.15) is 13.2 Å². The van der Waals surface area contributed by atoms with Crippen LogP contribution in [0.15, 0.2) is 22.8 Å². The minimum absolute atomic E-state index is 0.105. The number of furan rings is 1. The normalized spacial score (nSPS) is 14.5. The van der Waals surface area contributed by atoms with Crippen molar-refractivity contribution < 1.29 is 22.7 Å². The summed E-state index contributed by atoms with van der Waals surface area (Å²) < 4.78 is 40.0. The number of halogens is 3. The van der Waals surface area contributed by atoms with E-state index in [0.29, 0.717) is 5.76 Å². The Bertz CT molecular complexity index is 240. The first kappa shape index (κ1) is 10.1. The van der Waals surface area contributed by atoms with Crippen LogP contribution in [0.4, 0.5) is 13.2 Å². The van der Waals surface area contributed by atoms with Gasteiger partial charge in [0.25, 0.3) is 0 Å². The summed E-state index contributed by atoms with van der Waals surface area (Å²) in [6.07, 6.45) is -5.70. The summed E-state index contributed by atoms with van der Waals surface area (Å²) in [4.78, 5) is 0. The van der Waals surface area contributed by atoms with Crippen molar-refractivity contribution >= 4 is 0 Å². The van der Waals surface area contributed by atoms with Crippen LogP contribution in [-0.4, -0.2) is 17.4 Å². The third-order valence-corrected chi connectivity index (χ3v) is 1.48. The molecule has 1 rings (SSSR count). The van der Waals surface area contributed by atoms with E-state index in [0.717, 1.165) is 0 Å². The Labute approximate surface area is 73.0 Å². The van der Waals surface area contributed by atoms with Gasteiger partial charge in [0.15, 0.2) is 0 Å². The first-order valence-corrected chi connectivity index (χ1v) is 3.74. The Kier molecular flexibility index (Phi) is 2.98. The molecule has 2 nitrogen and oxygen atoms in total. The highest BCUT2D eigenvalue weighted by molar-refractivity contribution is 4.99. The lowest BCUT2D eigenvalue weighted by Crippen LogP contribution is -2.20. The Morgan fingerprint density at radius 2 is 2.15 bits per heavy atom. The summed E-state index contributed by atoms with van der Waals surface area (Å²) >= 11 is 0. The van der Waals surface area contributed by atoms with Crippen molar-refractivity contribution in [2.75, 3.05) is 0 Å². The molecule has 0 bridgehead atoms. The van der Waals surface area contributed by atoms with Crippen LogP contribution in [0.1, 0.15) is 12.2 Å². The Hall–Kier alpha value is -0.970. The maximum Gasteiger partial charge on any atom is 0.391 e. The zero-order valence-corrected chi connectivity index (χ0v) is 6.71. The van der Waals surface area contributed by atoms with Gasteiger partial charge in [-0.05, 0) is 12.1 Å². The standard InChI is InChI=1S/C8H9F3O2/c9-8(10,11)5-6(12)4-7-2-1-3-13-7/h1-3,6,12H,4-5H2. The highest BCUT2D eigenvalue weighted by Crippen LogP contribution is 2.22. The highest BCUT2D eigenvalue weighted by Gasteiger charge is 2.31. The molecule has 0 fully saturated rings. The van der Waals surface area contributed by atoms with Crippen LogP contribution in [0.3, 0.4) is 0 Å². The lowest BCUT2D eigenvalue weighted by atomic mass is 10.1. The molecule has 13 heavy (non-hydrogen) atoms. The molecular formula is C8H9F3O2. The van der Waals surface area contributed by atoms with Gasteiger partial charge >= 0.3 is 6.18 Å². The summed E-state index contributed by atoms with van der Waals surface area (Å²) in [6, 6.07) is 3.09. The van der Waals surface area contributed by atoms with Crippen LogP contribution in [0.5, 0.6) is 0 Å². The van der Waals surface area contributed by atoms with E-state index in [1.165, 1.54) is 12.3 Å². The van der Waals surface area contributed by atoms with Crippen molar-refractivity contribution in [3.63, 3.8) is 0 Å². The van der Waals surface area contributed by atoms with Gasteiger partial charge in [-0.3, -0.25) is 0 Å². The molecule has 1 aromatic heterocycles. The van der Waals surface area contributed by atoms with Crippen LogP contribution in [-0.2, 0) is 6.42 Å². The Balaban J connectivity index is 2.38. The third kappa shape index (κ3) is 3.98. The van der Waals surface area contributed by atoms with Gasteiger partial charge in [0.2, 0.25) is 0 Å². The average Bonchev–Trinajstić information content (AvgIpc) is 2.34. The van der Waals surface area contributed by atoms with E-state index >= 15 is 0 Å². The fourth-order valence-electron chi connectivity index (χ4n) is 1.00. The smallest absolute Gasteiger partial charge is 0.391 e. The van der Waals surface area contributed by atoms with Gasteiger partial charge in [0.05, 0.1) is 18.8 Å². The van der Waals surface area contributed by atoms with Crippen LogP contribution in [0.25, 0.3) is 0 Å². The molecule has 1 aromatic rings. The van der Waals surface area contributed by atoms with Crippen LogP contribution < -0.4 is 0 Å². The molecule has 0 spiro atoms. The van der Waals surface area contributed by atoms with Gasteiger partial charge in [0, 0.05) is 6.42 Å². The lowest BCUT2D eigenvalue weighted by molar-refractivity contribution is -0.153. The minimum Gasteiger partial charge on any atom is -0.469 e. The van der Waals surface area contributed by atoms with Crippen molar-refractivity contribution in [2.24, 2.45) is 0 Å². The number of rotatable bonds is 3.